The summed E-state index contributed by atoms with van der Waals surface area (Å²) in [5.41, 5.74) is 2.68. The molecule has 1 atom stereocenters. The molecular formula is C13H13BrN2. The quantitative estimate of drug-likeness (QED) is 0.848. The van der Waals surface area contributed by atoms with Crippen molar-refractivity contribution in [1.29, 1.82) is 0 Å². The van der Waals surface area contributed by atoms with Gasteiger partial charge >= 0.3 is 0 Å². The third-order valence-electron chi connectivity index (χ3n) is 3.06. The largest absolute Gasteiger partial charge is 0.348 e. The second-order valence-corrected chi connectivity index (χ2v) is 4.98. The van der Waals surface area contributed by atoms with Gasteiger partial charge in [-0.15, -0.1) is 0 Å². The number of benzene rings is 1. The molecule has 3 rings (SSSR count). The molecule has 0 bridgehead atoms. The van der Waals surface area contributed by atoms with Crippen LogP contribution in [0.15, 0.2) is 47.1 Å². The Morgan fingerprint density at radius 1 is 1.19 bits per heavy atom. The van der Waals surface area contributed by atoms with Gasteiger partial charge in [-0.25, -0.2) is 0 Å². The lowest BCUT2D eigenvalue weighted by Crippen LogP contribution is -2.33. The molecule has 0 saturated carbocycles. The maximum absolute atomic E-state index is 3.56. The van der Waals surface area contributed by atoms with Crippen molar-refractivity contribution in [2.45, 2.75) is 12.6 Å². The monoisotopic (exact) mass is 276 g/mol. The molecule has 1 aromatic heterocycles. The van der Waals surface area contributed by atoms with E-state index >= 15 is 0 Å². The van der Waals surface area contributed by atoms with Crippen molar-refractivity contribution in [3.63, 3.8) is 0 Å². The zero-order valence-corrected chi connectivity index (χ0v) is 10.4. The normalized spacial score (nSPS) is 19.4. The maximum Gasteiger partial charge on any atom is 0.0731 e. The summed E-state index contributed by atoms with van der Waals surface area (Å²) in [6, 6.07) is 13.2. The van der Waals surface area contributed by atoms with Crippen molar-refractivity contribution in [2.24, 2.45) is 0 Å². The zero-order chi connectivity index (χ0) is 11.0. The van der Waals surface area contributed by atoms with Crippen molar-refractivity contribution in [3.05, 3.63) is 58.3 Å². The number of halogens is 1. The van der Waals surface area contributed by atoms with Crippen molar-refractivity contribution in [1.82, 2.24) is 9.88 Å². The SMILES string of the molecule is Brc1ccc([C@H]2NCCn3cccc32)cc1. The third-order valence-corrected chi connectivity index (χ3v) is 3.59. The van der Waals surface area contributed by atoms with E-state index in [1.54, 1.807) is 0 Å². The number of rotatable bonds is 1. The minimum atomic E-state index is 0.330. The average Bonchev–Trinajstić information content (AvgIpc) is 2.78. The van der Waals surface area contributed by atoms with Crippen molar-refractivity contribution in [2.75, 3.05) is 6.54 Å². The van der Waals surface area contributed by atoms with E-state index in [9.17, 15) is 0 Å². The maximum atomic E-state index is 3.56. The van der Waals surface area contributed by atoms with E-state index in [4.69, 9.17) is 0 Å². The van der Waals surface area contributed by atoms with Crippen molar-refractivity contribution >= 4 is 15.9 Å². The first kappa shape index (κ1) is 10.1. The summed E-state index contributed by atoms with van der Waals surface area (Å²) in [6.45, 7) is 2.10. The van der Waals surface area contributed by atoms with E-state index in [-0.39, 0.29) is 0 Å². The van der Waals surface area contributed by atoms with E-state index in [0.29, 0.717) is 6.04 Å². The molecule has 82 valence electrons. The number of aromatic nitrogens is 1. The van der Waals surface area contributed by atoms with E-state index in [2.05, 4.69) is 68.4 Å². The van der Waals surface area contributed by atoms with Crippen LogP contribution in [0, 0.1) is 0 Å². The minimum absolute atomic E-state index is 0.330. The number of fused-ring (bicyclic) bond motifs is 1. The summed E-state index contributed by atoms with van der Waals surface area (Å²) < 4.78 is 3.45. The Labute approximate surface area is 103 Å². The van der Waals surface area contributed by atoms with Gasteiger partial charge in [0, 0.05) is 29.5 Å². The predicted molar refractivity (Wildman–Crippen MR) is 68.4 cm³/mol. The molecular weight excluding hydrogens is 264 g/mol. The molecule has 16 heavy (non-hydrogen) atoms. The summed E-state index contributed by atoms with van der Waals surface area (Å²) in [5, 5.41) is 3.56. The van der Waals surface area contributed by atoms with E-state index in [0.717, 1.165) is 17.6 Å². The second kappa shape index (κ2) is 4.07. The highest BCUT2D eigenvalue weighted by molar-refractivity contribution is 9.10. The molecule has 2 heterocycles. The highest BCUT2D eigenvalue weighted by Gasteiger charge is 2.20. The van der Waals surface area contributed by atoms with Crippen molar-refractivity contribution in [3.8, 4) is 0 Å². The molecule has 0 radical (unpaired) electrons. The van der Waals surface area contributed by atoms with Crippen LogP contribution in [-0.2, 0) is 6.54 Å². The van der Waals surface area contributed by atoms with E-state index in [1.165, 1.54) is 11.3 Å². The molecule has 0 amide bonds. The number of nitrogens with one attached hydrogen (secondary N) is 1. The molecule has 2 nitrogen and oxygen atoms in total. The van der Waals surface area contributed by atoms with Crippen LogP contribution in [0.5, 0.6) is 0 Å². The first-order valence-electron chi connectivity index (χ1n) is 5.48. The average molecular weight is 277 g/mol. The van der Waals surface area contributed by atoms with E-state index < -0.39 is 0 Å². The van der Waals surface area contributed by atoms with Crippen LogP contribution >= 0.6 is 15.9 Å². The lowest BCUT2D eigenvalue weighted by Gasteiger charge is -2.26. The Morgan fingerprint density at radius 2 is 2.00 bits per heavy atom. The van der Waals surface area contributed by atoms with Gasteiger partial charge in [-0.1, -0.05) is 28.1 Å². The van der Waals surface area contributed by atoms with Crippen LogP contribution in [0.4, 0.5) is 0 Å². The summed E-state index contributed by atoms with van der Waals surface area (Å²) >= 11 is 3.47. The van der Waals surface area contributed by atoms with Crippen LogP contribution in [0.1, 0.15) is 17.3 Å². The van der Waals surface area contributed by atoms with Crippen molar-refractivity contribution < 1.29 is 0 Å². The fourth-order valence-electron chi connectivity index (χ4n) is 2.27. The molecule has 2 aromatic rings. The zero-order valence-electron chi connectivity index (χ0n) is 8.86. The third kappa shape index (κ3) is 1.70. The summed E-state index contributed by atoms with van der Waals surface area (Å²) in [5.74, 6) is 0. The van der Waals surface area contributed by atoms with Gasteiger partial charge in [-0.3, -0.25) is 0 Å². The molecule has 1 aliphatic heterocycles. The molecule has 0 saturated heterocycles. The van der Waals surface area contributed by atoms with Gasteiger partial charge in [-0.05, 0) is 29.8 Å². The van der Waals surface area contributed by atoms with Gasteiger partial charge in [0.1, 0.15) is 0 Å². The number of nitrogens with zero attached hydrogens (tertiary/aromatic N) is 1. The van der Waals surface area contributed by atoms with Gasteiger partial charge in [-0.2, -0.15) is 0 Å². The standard InChI is InChI=1S/C13H13BrN2/c14-11-5-3-10(4-6-11)13-12-2-1-8-16(12)9-7-15-13/h1-6,8,13,15H,7,9H2/t13-/m1/s1. The van der Waals surface area contributed by atoms with Gasteiger partial charge in [0.15, 0.2) is 0 Å². The molecule has 0 aliphatic carbocycles. The summed E-state index contributed by atoms with van der Waals surface area (Å²) in [6.07, 6.45) is 2.15. The van der Waals surface area contributed by atoms with Crippen LogP contribution < -0.4 is 5.32 Å². The number of hydrogen-bond acceptors (Lipinski definition) is 1. The fourth-order valence-corrected chi connectivity index (χ4v) is 2.54. The topological polar surface area (TPSA) is 17.0 Å². The Morgan fingerprint density at radius 3 is 2.81 bits per heavy atom. The van der Waals surface area contributed by atoms with E-state index in [1.807, 2.05) is 0 Å². The molecule has 0 spiro atoms. The van der Waals surface area contributed by atoms with Crippen LogP contribution in [0.25, 0.3) is 0 Å². The van der Waals surface area contributed by atoms with Gasteiger partial charge in [0.25, 0.3) is 0 Å². The molecule has 3 heteroatoms. The lowest BCUT2D eigenvalue weighted by atomic mass is 10.0. The Balaban J connectivity index is 2.00. The van der Waals surface area contributed by atoms with Crippen LogP contribution in [0.3, 0.4) is 0 Å². The molecule has 0 fully saturated rings. The highest BCUT2D eigenvalue weighted by atomic mass is 79.9. The highest BCUT2D eigenvalue weighted by Crippen LogP contribution is 2.26. The Kier molecular flexibility index (Phi) is 2.58. The first-order valence-corrected chi connectivity index (χ1v) is 6.28. The Bertz CT molecular complexity index is 487. The van der Waals surface area contributed by atoms with Crippen LogP contribution in [0.2, 0.25) is 0 Å². The first-order chi connectivity index (χ1) is 7.84. The minimum Gasteiger partial charge on any atom is -0.348 e. The lowest BCUT2D eigenvalue weighted by molar-refractivity contribution is 0.467. The van der Waals surface area contributed by atoms with Gasteiger partial charge < -0.3 is 9.88 Å². The molecule has 1 N–H and O–H groups in total. The second-order valence-electron chi connectivity index (χ2n) is 4.07. The summed E-state index contributed by atoms with van der Waals surface area (Å²) in [4.78, 5) is 0. The number of hydrogen-bond donors (Lipinski definition) is 1. The molecule has 1 aliphatic rings. The van der Waals surface area contributed by atoms with Gasteiger partial charge in [0.2, 0.25) is 0 Å². The molecule has 1 aromatic carbocycles. The molecule has 0 unspecified atom stereocenters. The Hall–Kier alpha value is -1.06. The smallest absolute Gasteiger partial charge is 0.0731 e. The van der Waals surface area contributed by atoms with Gasteiger partial charge in [0.05, 0.1) is 6.04 Å². The van der Waals surface area contributed by atoms with Crippen LogP contribution in [-0.4, -0.2) is 11.1 Å². The fraction of sp³-hybridized carbons (Fsp3) is 0.231. The predicted octanol–water partition coefficient (Wildman–Crippen LogP) is 2.94. The summed E-state index contributed by atoms with van der Waals surface area (Å²) in [7, 11) is 0.